The van der Waals surface area contributed by atoms with E-state index in [2.05, 4.69) is 12.2 Å². The van der Waals surface area contributed by atoms with E-state index in [1.54, 1.807) is 6.92 Å². The fourth-order valence-electron chi connectivity index (χ4n) is 3.30. The molecule has 1 aliphatic heterocycles. The third kappa shape index (κ3) is 8.17. The van der Waals surface area contributed by atoms with Gasteiger partial charge in [-0.3, -0.25) is 14.9 Å². The molecule has 2 atom stereocenters. The predicted molar refractivity (Wildman–Crippen MR) is 98.8 cm³/mol. The highest BCUT2D eigenvalue weighted by Crippen LogP contribution is 2.22. The van der Waals surface area contributed by atoms with Gasteiger partial charge in [0.25, 0.3) is 5.91 Å². The first-order valence-electron chi connectivity index (χ1n) is 9.82. The Morgan fingerprint density at radius 2 is 1.81 bits per heavy atom. The third-order valence-electron chi connectivity index (χ3n) is 5.00. The van der Waals surface area contributed by atoms with Crippen LogP contribution in [0.25, 0.3) is 0 Å². The molecular weight excluding hydrogens is 336 g/mol. The Morgan fingerprint density at radius 1 is 1.12 bits per heavy atom. The number of nitrogens with one attached hydrogen (secondary N) is 1. The maximum absolute atomic E-state index is 12.0. The fourth-order valence-corrected chi connectivity index (χ4v) is 3.30. The molecule has 26 heavy (non-hydrogen) atoms. The van der Waals surface area contributed by atoms with Gasteiger partial charge in [0.2, 0.25) is 0 Å². The Hall–Kier alpha value is -1.63. The quantitative estimate of drug-likeness (QED) is 0.322. The van der Waals surface area contributed by atoms with Crippen LogP contribution in [0.15, 0.2) is 0 Å². The summed E-state index contributed by atoms with van der Waals surface area (Å²) in [5, 5.41) is 21.4. The van der Waals surface area contributed by atoms with Crippen LogP contribution in [-0.4, -0.2) is 51.2 Å². The minimum atomic E-state index is -0.831. The Kier molecular flexibility index (Phi) is 9.62. The van der Waals surface area contributed by atoms with Gasteiger partial charge in [0.1, 0.15) is 6.04 Å². The molecule has 1 saturated heterocycles. The van der Waals surface area contributed by atoms with Crippen molar-refractivity contribution in [2.75, 3.05) is 6.54 Å². The van der Waals surface area contributed by atoms with Crippen molar-refractivity contribution >= 4 is 17.9 Å². The molecule has 1 rings (SSSR count). The van der Waals surface area contributed by atoms with Gasteiger partial charge in [-0.2, -0.15) is 0 Å². The van der Waals surface area contributed by atoms with E-state index in [-0.39, 0.29) is 18.4 Å². The summed E-state index contributed by atoms with van der Waals surface area (Å²) < 4.78 is 0. The van der Waals surface area contributed by atoms with E-state index in [4.69, 9.17) is 5.11 Å². The summed E-state index contributed by atoms with van der Waals surface area (Å²) >= 11 is 0. The van der Waals surface area contributed by atoms with Gasteiger partial charge in [-0.25, -0.2) is 4.79 Å². The maximum atomic E-state index is 12.0. The molecule has 150 valence electrons. The van der Waals surface area contributed by atoms with Crippen molar-refractivity contribution in [2.24, 2.45) is 0 Å². The van der Waals surface area contributed by atoms with E-state index in [0.717, 1.165) is 38.5 Å². The fraction of sp³-hybridized carbons (Fsp3) is 0.842. The molecule has 0 aromatic rings. The van der Waals surface area contributed by atoms with Crippen LogP contribution >= 0.6 is 0 Å². The number of rotatable bonds is 14. The highest BCUT2D eigenvalue weighted by atomic mass is 16.4. The molecule has 1 aliphatic rings. The zero-order chi connectivity index (χ0) is 19.6. The molecule has 0 saturated carbocycles. The first kappa shape index (κ1) is 22.4. The average molecular weight is 370 g/mol. The van der Waals surface area contributed by atoms with Crippen LogP contribution in [0.5, 0.6) is 0 Å². The highest BCUT2D eigenvalue weighted by molar-refractivity contribution is 6.04. The van der Waals surface area contributed by atoms with Crippen molar-refractivity contribution in [3.63, 3.8) is 0 Å². The molecule has 7 nitrogen and oxygen atoms in total. The van der Waals surface area contributed by atoms with Gasteiger partial charge >= 0.3 is 12.0 Å². The summed E-state index contributed by atoms with van der Waals surface area (Å²) in [5.41, 5.74) is -0.831. The lowest BCUT2D eigenvalue weighted by atomic mass is 9.94. The van der Waals surface area contributed by atoms with E-state index >= 15 is 0 Å². The minimum Gasteiger partial charge on any atom is -0.481 e. The monoisotopic (exact) mass is 370 g/mol. The van der Waals surface area contributed by atoms with Gasteiger partial charge in [0, 0.05) is 13.0 Å². The molecular formula is C19H34N2O5. The molecule has 0 aliphatic carbocycles. The third-order valence-corrected chi connectivity index (χ3v) is 5.00. The molecule has 0 radical (unpaired) electrons. The molecule has 1 fully saturated rings. The number of nitrogens with zero attached hydrogens (tertiary/aromatic N) is 1. The molecule has 7 heteroatoms. The normalized spacial score (nSPS) is 19.5. The van der Waals surface area contributed by atoms with Crippen molar-refractivity contribution in [3.8, 4) is 0 Å². The maximum Gasteiger partial charge on any atom is 0.324 e. The second kappa shape index (κ2) is 11.2. The molecule has 0 spiro atoms. The van der Waals surface area contributed by atoms with Crippen molar-refractivity contribution in [3.05, 3.63) is 0 Å². The number of aliphatic carboxylic acids is 1. The van der Waals surface area contributed by atoms with Crippen LogP contribution in [0.2, 0.25) is 0 Å². The number of carbonyl (C=O) groups is 3. The summed E-state index contributed by atoms with van der Waals surface area (Å²) in [7, 11) is 0. The van der Waals surface area contributed by atoms with Crippen LogP contribution in [0.4, 0.5) is 4.79 Å². The average Bonchev–Trinajstić information content (AvgIpc) is 2.82. The minimum absolute atomic E-state index is 0.168. The van der Waals surface area contributed by atoms with E-state index in [0.29, 0.717) is 32.2 Å². The summed E-state index contributed by atoms with van der Waals surface area (Å²) in [5.74, 6) is -1.06. The number of carboxylic acids is 1. The van der Waals surface area contributed by atoms with Crippen LogP contribution in [0.3, 0.4) is 0 Å². The van der Waals surface area contributed by atoms with Gasteiger partial charge < -0.3 is 15.1 Å². The Labute approximate surface area is 156 Å². The number of hydrogen-bond acceptors (Lipinski definition) is 4. The zero-order valence-corrected chi connectivity index (χ0v) is 16.1. The summed E-state index contributed by atoms with van der Waals surface area (Å²) in [6.45, 7) is 4.26. The molecule has 1 heterocycles. The zero-order valence-electron chi connectivity index (χ0n) is 16.1. The first-order valence-corrected chi connectivity index (χ1v) is 9.82. The standard InChI is InChI=1S/C19H34N2O5/c1-3-4-9-12-19(2,26)13-14-21-15(17(24)20-18(21)25)10-7-5-6-8-11-16(22)23/h15,26H,3-14H2,1-2H3,(H,22,23)(H,20,24,25). The number of aliphatic hydroxyl groups is 1. The number of imide groups is 1. The number of carboxylic acid groups (broad SMARTS) is 1. The first-order chi connectivity index (χ1) is 12.3. The van der Waals surface area contributed by atoms with Crippen molar-refractivity contribution in [1.29, 1.82) is 0 Å². The summed E-state index contributed by atoms with van der Waals surface area (Å²) in [6.07, 6.45) is 8.05. The molecule has 0 aromatic carbocycles. The topological polar surface area (TPSA) is 107 Å². The SMILES string of the molecule is CCCCCC(C)(O)CCN1C(=O)NC(=O)C1CCCCCCC(=O)O. The number of amides is 3. The second-order valence-corrected chi connectivity index (χ2v) is 7.55. The Bertz CT molecular complexity index is 479. The van der Waals surface area contributed by atoms with Crippen LogP contribution in [0.1, 0.15) is 84.5 Å². The molecule has 0 aromatic heterocycles. The summed E-state index contributed by atoms with van der Waals surface area (Å²) in [6, 6.07) is -0.858. The number of hydrogen-bond donors (Lipinski definition) is 3. The van der Waals surface area contributed by atoms with E-state index in [1.165, 1.54) is 4.90 Å². The number of urea groups is 1. The van der Waals surface area contributed by atoms with Gasteiger partial charge in [0.15, 0.2) is 0 Å². The Balaban J connectivity index is 2.40. The molecule has 0 bridgehead atoms. The van der Waals surface area contributed by atoms with Crippen molar-refractivity contribution in [2.45, 2.75) is 96.1 Å². The van der Waals surface area contributed by atoms with Crippen LogP contribution in [-0.2, 0) is 9.59 Å². The number of unbranched alkanes of at least 4 members (excludes halogenated alkanes) is 5. The lowest BCUT2D eigenvalue weighted by molar-refractivity contribution is -0.137. The second-order valence-electron chi connectivity index (χ2n) is 7.55. The largest absolute Gasteiger partial charge is 0.481 e. The lowest BCUT2D eigenvalue weighted by Gasteiger charge is -2.28. The van der Waals surface area contributed by atoms with E-state index in [1.807, 2.05) is 0 Å². The van der Waals surface area contributed by atoms with Gasteiger partial charge in [-0.15, -0.1) is 0 Å². The smallest absolute Gasteiger partial charge is 0.324 e. The number of carbonyl (C=O) groups excluding carboxylic acids is 2. The van der Waals surface area contributed by atoms with Crippen molar-refractivity contribution in [1.82, 2.24) is 10.2 Å². The van der Waals surface area contributed by atoms with Gasteiger partial charge in [0.05, 0.1) is 5.60 Å². The molecule has 3 amide bonds. The van der Waals surface area contributed by atoms with Crippen molar-refractivity contribution < 1.29 is 24.6 Å². The van der Waals surface area contributed by atoms with Gasteiger partial charge in [-0.1, -0.05) is 45.4 Å². The Morgan fingerprint density at radius 3 is 2.46 bits per heavy atom. The van der Waals surface area contributed by atoms with Crippen LogP contribution in [0, 0.1) is 0 Å². The van der Waals surface area contributed by atoms with Crippen LogP contribution < -0.4 is 5.32 Å². The summed E-state index contributed by atoms with van der Waals surface area (Å²) in [4.78, 5) is 36.1. The molecule has 3 N–H and O–H groups in total. The molecule has 2 unspecified atom stereocenters. The van der Waals surface area contributed by atoms with Gasteiger partial charge in [-0.05, 0) is 32.6 Å². The highest BCUT2D eigenvalue weighted by Gasteiger charge is 2.38. The lowest BCUT2D eigenvalue weighted by Crippen LogP contribution is -2.39. The van der Waals surface area contributed by atoms with E-state index in [9.17, 15) is 19.5 Å². The van der Waals surface area contributed by atoms with E-state index < -0.39 is 17.6 Å². The predicted octanol–water partition coefficient (Wildman–Crippen LogP) is 3.05.